The molecule has 1 N–H and O–H groups in total. The van der Waals surface area contributed by atoms with Gasteiger partial charge in [0.1, 0.15) is 5.75 Å². The first-order valence-corrected chi connectivity index (χ1v) is 8.50. The van der Waals surface area contributed by atoms with Crippen molar-refractivity contribution >= 4 is 37.4 Å². The van der Waals surface area contributed by atoms with Gasteiger partial charge in [0.25, 0.3) is 0 Å². The molecule has 6 nitrogen and oxygen atoms in total. The molecule has 0 unspecified atom stereocenters. The number of hydrogen-bond acceptors (Lipinski definition) is 4. The van der Waals surface area contributed by atoms with Crippen LogP contribution in [-0.4, -0.2) is 29.6 Å². The number of benzene rings is 1. The molecule has 0 aliphatic carbocycles. The van der Waals surface area contributed by atoms with Gasteiger partial charge in [-0.1, -0.05) is 15.9 Å². The Morgan fingerprint density at radius 3 is 2.71 bits per heavy atom. The second-order valence-electron chi connectivity index (χ2n) is 4.59. The van der Waals surface area contributed by atoms with Crippen LogP contribution in [0.15, 0.2) is 40.2 Å². The Balaban J connectivity index is 2.13. The maximum Gasteiger partial charge on any atom is 0.240 e. The van der Waals surface area contributed by atoms with Gasteiger partial charge in [-0.3, -0.25) is 4.79 Å². The van der Waals surface area contributed by atoms with Crippen LogP contribution in [0.3, 0.4) is 0 Å². The molecule has 0 fully saturated rings. The lowest BCUT2D eigenvalue weighted by Crippen LogP contribution is -2.25. The number of anilines is 1. The molecule has 1 aromatic heterocycles. The van der Waals surface area contributed by atoms with Crippen LogP contribution in [0.1, 0.15) is 5.56 Å². The molecule has 0 atom stereocenters. The molecule has 8 heteroatoms. The Labute approximate surface area is 131 Å². The number of nitrogens with one attached hydrogen (secondary N) is 1. The third-order valence-electron chi connectivity index (χ3n) is 2.84. The molecule has 0 radical (unpaired) electrons. The molecule has 2 rings (SSSR count). The highest BCUT2D eigenvalue weighted by atomic mass is 79.9. The lowest BCUT2D eigenvalue weighted by Gasteiger charge is -2.09. The number of hydrogen-bond donors (Lipinski definition) is 1. The van der Waals surface area contributed by atoms with E-state index in [2.05, 4.69) is 26.2 Å². The topological polar surface area (TPSA) is 81.1 Å². The molecular weight excluding hydrogens is 358 g/mol. The number of aryl methyl sites for hydroxylation is 2. The Morgan fingerprint density at radius 2 is 2.14 bits per heavy atom. The van der Waals surface area contributed by atoms with Gasteiger partial charge < -0.3 is 9.88 Å². The van der Waals surface area contributed by atoms with Crippen LogP contribution in [-0.2, 0) is 21.7 Å². The Hall–Kier alpha value is -1.67. The van der Waals surface area contributed by atoms with Crippen LogP contribution in [0.5, 0.6) is 0 Å². The Kier molecular flexibility index (Phi) is 4.48. The summed E-state index contributed by atoms with van der Waals surface area (Å²) in [5, 5.41) is 2.48. The average molecular weight is 372 g/mol. The zero-order valence-corrected chi connectivity index (χ0v) is 13.9. The van der Waals surface area contributed by atoms with Crippen molar-refractivity contribution in [1.82, 2.24) is 9.55 Å². The molecule has 0 aliphatic heterocycles. The summed E-state index contributed by atoms with van der Waals surface area (Å²) in [5.41, 5.74) is 1.42. The van der Waals surface area contributed by atoms with Crippen LogP contribution >= 0.6 is 15.9 Å². The van der Waals surface area contributed by atoms with E-state index in [-0.39, 0.29) is 5.16 Å². The summed E-state index contributed by atoms with van der Waals surface area (Å²) in [7, 11) is -2.19. The minimum atomic E-state index is -3.76. The molecule has 2 aromatic rings. The first kappa shape index (κ1) is 15.7. The van der Waals surface area contributed by atoms with Crippen molar-refractivity contribution in [3.8, 4) is 0 Å². The first-order chi connectivity index (χ1) is 9.79. The summed E-state index contributed by atoms with van der Waals surface area (Å²) >= 11 is 3.33. The quantitative estimate of drug-likeness (QED) is 0.889. The maximum atomic E-state index is 12.1. The number of halogens is 1. The maximum absolute atomic E-state index is 12.1. The van der Waals surface area contributed by atoms with Gasteiger partial charge in [0, 0.05) is 29.6 Å². The van der Waals surface area contributed by atoms with Crippen LogP contribution in [0.2, 0.25) is 0 Å². The largest absolute Gasteiger partial charge is 0.325 e. The summed E-state index contributed by atoms with van der Waals surface area (Å²) in [4.78, 5) is 15.7. The van der Waals surface area contributed by atoms with Crippen molar-refractivity contribution < 1.29 is 13.2 Å². The monoisotopic (exact) mass is 371 g/mol. The van der Waals surface area contributed by atoms with Crippen LogP contribution in [0.4, 0.5) is 5.69 Å². The van der Waals surface area contributed by atoms with Crippen molar-refractivity contribution in [1.29, 1.82) is 0 Å². The van der Waals surface area contributed by atoms with Crippen LogP contribution in [0, 0.1) is 6.92 Å². The van der Waals surface area contributed by atoms with Gasteiger partial charge in [0.05, 0.1) is 0 Å². The van der Waals surface area contributed by atoms with Crippen molar-refractivity contribution in [3.63, 3.8) is 0 Å². The van der Waals surface area contributed by atoms with Gasteiger partial charge in [-0.2, -0.15) is 0 Å². The Bertz CT molecular complexity index is 784. The molecule has 0 aliphatic rings. The van der Waals surface area contributed by atoms with Crippen molar-refractivity contribution in [2.45, 2.75) is 12.1 Å². The molecule has 0 saturated heterocycles. The zero-order chi connectivity index (χ0) is 15.6. The smallest absolute Gasteiger partial charge is 0.240 e. The minimum absolute atomic E-state index is 0.120. The van der Waals surface area contributed by atoms with Crippen molar-refractivity contribution in [3.05, 3.63) is 40.6 Å². The molecule has 1 amide bonds. The number of imidazole rings is 1. The third kappa shape index (κ3) is 3.70. The SMILES string of the molecule is Cc1cc(Br)ccc1NC(=O)CS(=O)(=O)c1nccn1C. The molecule has 0 spiro atoms. The van der Waals surface area contributed by atoms with E-state index in [1.807, 2.05) is 13.0 Å². The third-order valence-corrected chi connectivity index (χ3v) is 4.92. The number of sulfone groups is 1. The van der Waals surface area contributed by atoms with E-state index >= 15 is 0 Å². The van der Waals surface area contributed by atoms with Gasteiger partial charge in [0.2, 0.25) is 20.9 Å². The fraction of sp³-hybridized carbons (Fsp3) is 0.231. The fourth-order valence-corrected chi connectivity index (χ4v) is 3.59. The predicted octanol–water partition coefficient (Wildman–Crippen LogP) is 1.90. The summed E-state index contributed by atoms with van der Waals surface area (Å²) in [6, 6.07) is 5.32. The number of carbonyl (C=O) groups excluding carboxylic acids is 1. The predicted molar refractivity (Wildman–Crippen MR) is 82.8 cm³/mol. The van der Waals surface area contributed by atoms with E-state index in [0.29, 0.717) is 5.69 Å². The number of carbonyl (C=O) groups is 1. The van der Waals surface area contributed by atoms with Gasteiger partial charge in [-0.15, -0.1) is 0 Å². The van der Waals surface area contributed by atoms with Gasteiger partial charge >= 0.3 is 0 Å². The lowest BCUT2D eigenvalue weighted by molar-refractivity contribution is -0.113. The van der Waals surface area contributed by atoms with Crippen LogP contribution in [0.25, 0.3) is 0 Å². The highest BCUT2D eigenvalue weighted by Gasteiger charge is 2.23. The van der Waals surface area contributed by atoms with E-state index in [4.69, 9.17) is 0 Å². The summed E-state index contributed by atoms with van der Waals surface area (Å²) in [5.74, 6) is -1.24. The second-order valence-corrected chi connectivity index (χ2v) is 7.39. The zero-order valence-electron chi connectivity index (χ0n) is 11.5. The molecule has 0 saturated carbocycles. The standard InChI is InChI=1S/C13H14BrN3O3S/c1-9-7-10(14)3-4-11(9)16-12(18)8-21(19,20)13-15-5-6-17(13)2/h3-7H,8H2,1-2H3,(H,16,18). The van der Waals surface area contributed by atoms with Gasteiger partial charge in [-0.25, -0.2) is 13.4 Å². The highest BCUT2D eigenvalue weighted by molar-refractivity contribution is 9.10. The highest BCUT2D eigenvalue weighted by Crippen LogP contribution is 2.20. The van der Waals surface area contributed by atoms with E-state index in [9.17, 15) is 13.2 Å². The normalized spacial score (nSPS) is 11.4. The van der Waals surface area contributed by atoms with E-state index in [1.54, 1.807) is 19.2 Å². The Morgan fingerprint density at radius 1 is 1.43 bits per heavy atom. The van der Waals surface area contributed by atoms with E-state index < -0.39 is 21.5 Å². The van der Waals surface area contributed by atoms with Crippen molar-refractivity contribution in [2.24, 2.45) is 7.05 Å². The fourth-order valence-electron chi connectivity index (χ4n) is 1.84. The summed E-state index contributed by atoms with van der Waals surface area (Å²) < 4.78 is 26.5. The molecule has 21 heavy (non-hydrogen) atoms. The summed E-state index contributed by atoms with van der Waals surface area (Å²) in [6.07, 6.45) is 2.90. The molecule has 0 bridgehead atoms. The molecule has 1 aromatic carbocycles. The van der Waals surface area contributed by atoms with E-state index in [1.165, 1.54) is 17.0 Å². The summed E-state index contributed by atoms with van der Waals surface area (Å²) in [6.45, 7) is 1.83. The van der Waals surface area contributed by atoms with Crippen LogP contribution < -0.4 is 5.32 Å². The van der Waals surface area contributed by atoms with Gasteiger partial charge in [0.15, 0.2) is 0 Å². The number of aromatic nitrogens is 2. The lowest BCUT2D eigenvalue weighted by atomic mass is 10.2. The minimum Gasteiger partial charge on any atom is -0.325 e. The second kappa shape index (κ2) is 5.98. The molecule has 1 heterocycles. The average Bonchev–Trinajstić information content (AvgIpc) is 2.79. The van der Waals surface area contributed by atoms with E-state index in [0.717, 1.165) is 10.0 Å². The number of amides is 1. The number of nitrogens with zero attached hydrogens (tertiary/aromatic N) is 2. The molecular formula is C13H14BrN3O3S. The molecule has 112 valence electrons. The first-order valence-electron chi connectivity index (χ1n) is 6.05. The van der Waals surface area contributed by atoms with Gasteiger partial charge in [-0.05, 0) is 30.7 Å². The number of rotatable bonds is 4. The van der Waals surface area contributed by atoms with Crippen molar-refractivity contribution in [2.75, 3.05) is 11.1 Å².